The van der Waals surface area contributed by atoms with Gasteiger partial charge < -0.3 is 4.90 Å². The molecule has 0 unspecified atom stereocenters. The van der Waals surface area contributed by atoms with Crippen LogP contribution in [0.3, 0.4) is 0 Å². The lowest BCUT2D eigenvalue weighted by molar-refractivity contribution is 0.0741. The summed E-state index contributed by atoms with van der Waals surface area (Å²) < 4.78 is 1.92. The van der Waals surface area contributed by atoms with E-state index >= 15 is 0 Å². The Morgan fingerprint density at radius 3 is 2.23 bits per heavy atom. The van der Waals surface area contributed by atoms with Crippen LogP contribution in [0.4, 0.5) is 0 Å². The third-order valence-electron chi connectivity index (χ3n) is 7.91. The monoisotopic (exact) mass is 540 g/mol. The predicted octanol–water partition coefficient (Wildman–Crippen LogP) is 8.07. The number of amides is 1. The summed E-state index contributed by atoms with van der Waals surface area (Å²) in [5, 5.41) is 4.99. The molecule has 0 bridgehead atoms. The van der Waals surface area contributed by atoms with E-state index in [1.807, 2.05) is 34.7 Å². The van der Waals surface area contributed by atoms with Crippen molar-refractivity contribution in [2.75, 3.05) is 32.7 Å². The minimum Gasteiger partial charge on any atom is -0.339 e. The number of rotatable bonds is 12. The molecule has 0 aliphatic carbocycles. The van der Waals surface area contributed by atoms with Crippen LogP contribution in [0.5, 0.6) is 0 Å². The summed E-state index contributed by atoms with van der Waals surface area (Å²) in [5.41, 5.74) is 6.93. The van der Waals surface area contributed by atoms with E-state index in [0.717, 1.165) is 84.6 Å². The average molecular weight is 541 g/mol. The number of fused-ring (bicyclic) bond motifs is 1. The van der Waals surface area contributed by atoms with Gasteiger partial charge >= 0.3 is 0 Å². The molecule has 1 aliphatic rings. The van der Waals surface area contributed by atoms with Gasteiger partial charge in [0.1, 0.15) is 5.69 Å². The number of hydrogen-bond acceptors (Lipinski definition) is 3. The normalized spacial score (nSPS) is 14.6. The van der Waals surface area contributed by atoms with E-state index in [4.69, 9.17) is 5.10 Å². The molecule has 0 atom stereocenters. The Kier molecular flexibility index (Phi) is 10.4. The molecule has 1 amide bonds. The van der Waals surface area contributed by atoms with Crippen molar-refractivity contribution in [2.24, 2.45) is 11.8 Å². The first-order valence-electron chi connectivity index (χ1n) is 15.2. The Morgan fingerprint density at radius 2 is 1.62 bits per heavy atom. The van der Waals surface area contributed by atoms with E-state index in [-0.39, 0.29) is 5.91 Å². The standard InChI is InChI=1S/C35H48N4O/c1-26(2)16-22-38(23-17-27(3)4)35(40)31-18-24-39-33(25-31)32(11-10-21-37-19-8-7-9-20-37)34(36-39)30-14-12-29(13-15-30)28(5)6/h10-15,18,24-27H,5,7-9,16-17,19-23H2,1-4,6H3/b11-10+. The molecule has 5 heteroatoms. The highest BCUT2D eigenvalue weighted by Gasteiger charge is 2.20. The van der Waals surface area contributed by atoms with Gasteiger partial charge in [0, 0.05) is 42.5 Å². The van der Waals surface area contributed by atoms with E-state index in [1.54, 1.807) is 0 Å². The molecule has 1 aromatic carbocycles. The summed E-state index contributed by atoms with van der Waals surface area (Å²) >= 11 is 0. The first kappa shape index (κ1) is 29.8. The number of benzene rings is 1. The SMILES string of the molecule is C=C(C)c1ccc(-c2nn3ccc(C(=O)N(CCC(C)C)CCC(C)C)cc3c2/C=C/CN2CCCCC2)cc1. The molecule has 214 valence electrons. The second-order valence-electron chi connectivity index (χ2n) is 12.3. The van der Waals surface area contributed by atoms with Crippen LogP contribution in [0.2, 0.25) is 0 Å². The Morgan fingerprint density at radius 1 is 0.975 bits per heavy atom. The van der Waals surface area contributed by atoms with Crippen molar-refractivity contribution in [1.29, 1.82) is 0 Å². The zero-order chi connectivity index (χ0) is 28.6. The van der Waals surface area contributed by atoms with Crippen molar-refractivity contribution in [3.05, 3.63) is 71.9 Å². The molecule has 3 aromatic rings. The van der Waals surface area contributed by atoms with Gasteiger partial charge in [-0.25, -0.2) is 4.52 Å². The van der Waals surface area contributed by atoms with Crippen molar-refractivity contribution in [1.82, 2.24) is 19.4 Å². The van der Waals surface area contributed by atoms with Crippen molar-refractivity contribution >= 4 is 23.1 Å². The predicted molar refractivity (Wildman–Crippen MR) is 169 cm³/mol. The molecule has 0 N–H and O–H groups in total. The van der Waals surface area contributed by atoms with E-state index in [2.05, 4.69) is 75.6 Å². The smallest absolute Gasteiger partial charge is 0.253 e. The summed E-state index contributed by atoms with van der Waals surface area (Å²) in [6.07, 6.45) is 12.3. The second-order valence-corrected chi connectivity index (χ2v) is 12.3. The molecule has 0 saturated carbocycles. The Bertz CT molecular complexity index is 1300. The number of carbonyl (C=O) groups is 1. The maximum Gasteiger partial charge on any atom is 0.253 e. The van der Waals surface area contributed by atoms with Crippen molar-refractivity contribution in [3.63, 3.8) is 0 Å². The van der Waals surface area contributed by atoms with Crippen LogP contribution < -0.4 is 0 Å². The van der Waals surface area contributed by atoms with Gasteiger partial charge in [0.2, 0.25) is 0 Å². The quantitative estimate of drug-likeness (QED) is 0.233. The van der Waals surface area contributed by atoms with E-state index in [9.17, 15) is 4.79 Å². The summed E-state index contributed by atoms with van der Waals surface area (Å²) in [6, 6.07) is 12.4. The fourth-order valence-electron chi connectivity index (χ4n) is 5.27. The Hall–Kier alpha value is -3.18. The molecular formula is C35H48N4O. The van der Waals surface area contributed by atoms with Gasteiger partial charge in [0.05, 0.1) is 5.52 Å². The molecule has 5 nitrogen and oxygen atoms in total. The second kappa shape index (κ2) is 13.9. The molecule has 2 aromatic heterocycles. The summed E-state index contributed by atoms with van der Waals surface area (Å²) in [7, 11) is 0. The fraction of sp³-hybridized carbons (Fsp3) is 0.486. The molecule has 1 aliphatic heterocycles. The van der Waals surface area contributed by atoms with Crippen molar-refractivity contribution in [2.45, 2.75) is 66.7 Å². The van der Waals surface area contributed by atoms with E-state index in [0.29, 0.717) is 11.8 Å². The Labute approximate surface area is 241 Å². The van der Waals surface area contributed by atoms with Gasteiger partial charge in [-0.1, -0.05) is 82.7 Å². The summed E-state index contributed by atoms with van der Waals surface area (Å²) in [4.78, 5) is 18.4. The zero-order valence-electron chi connectivity index (χ0n) is 25.3. The van der Waals surface area contributed by atoms with Gasteiger partial charge in [0.15, 0.2) is 0 Å². The first-order valence-corrected chi connectivity index (χ1v) is 15.2. The van der Waals surface area contributed by atoms with Crippen LogP contribution >= 0.6 is 0 Å². The van der Waals surface area contributed by atoms with Gasteiger partial charge in [-0.2, -0.15) is 5.10 Å². The highest BCUT2D eigenvalue weighted by atomic mass is 16.2. The number of piperidine rings is 1. The fourth-order valence-corrected chi connectivity index (χ4v) is 5.27. The van der Waals surface area contributed by atoms with Gasteiger partial charge in [-0.3, -0.25) is 9.69 Å². The average Bonchev–Trinajstić information content (AvgIpc) is 3.31. The lowest BCUT2D eigenvalue weighted by Crippen LogP contribution is -2.34. The molecule has 1 fully saturated rings. The third-order valence-corrected chi connectivity index (χ3v) is 7.91. The number of likely N-dealkylation sites (tertiary alicyclic amines) is 1. The number of hydrogen-bond donors (Lipinski definition) is 0. The highest BCUT2D eigenvalue weighted by Crippen LogP contribution is 2.29. The van der Waals surface area contributed by atoms with E-state index < -0.39 is 0 Å². The number of aromatic nitrogens is 2. The molecule has 3 heterocycles. The van der Waals surface area contributed by atoms with Crippen LogP contribution in [0.15, 0.2) is 55.3 Å². The van der Waals surface area contributed by atoms with Crippen LogP contribution in [-0.2, 0) is 0 Å². The number of pyridine rings is 1. The van der Waals surface area contributed by atoms with Crippen LogP contribution in [0.25, 0.3) is 28.4 Å². The Balaban J connectivity index is 1.70. The molecular weight excluding hydrogens is 492 g/mol. The summed E-state index contributed by atoms with van der Waals surface area (Å²) in [6.45, 7) is 19.8. The molecule has 1 saturated heterocycles. The number of nitrogens with zero attached hydrogens (tertiary/aromatic N) is 4. The first-order chi connectivity index (χ1) is 19.2. The summed E-state index contributed by atoms with van der Waals surface area (Å²) in [5.74, 6) is 1.23. The minimum absolute atomic E-state index is 0.112. The lowest BCUT2D eigenvalue weighted by Gasteiger charge is -2.25. The highest BCUT2D eigenvalue weighted by molar-refractivity contribution is 5.96. The lowest BCUT2D eigenvalue weighted by atomic mass is 10.0. The van der Waals surface area contributed by atoms with Gasteiger partial charge in [0.25, 0.3) is 5.91 Å². The maximum atomic E-state index is 13.8. The number of allylic oxidation sites excluding steroid dienone is 1. The van der Waals surface area contributed by atoms with E-state index in [1.165, 1.54) is 19.3 Å². The number of carbonyl (C=O) groups excluding carboxylic acids is 1. The van der Waals surface area contributed by atoms with Crippen molar-refractivity contribution < 1.29 is 4.79 Å². The van der Waals surface area contributed by atoms with Gasteiger partial charge in [-0.15, -0.1) is 0 Å². The third kappa shape index (κ3) is 7.72. The zero-order valence-corrected chi connectivity index (χ0v) is 25.3. The van der Waals surface area contributed by atoms with Crippen LogP contribution in [0.1, 0.15) is 88.2 Å². The van der Waals surface area contributed by atoms with Gasteiger partial charge in [-0.05, 0) is 75.2 Å². The minimum atomic E-state index is 0.112. The molecule has 40 heavy (non-hydrogen) atoms. The maximum absolute atomic E-state index is 13.8. The molecule has 0 radical (unpaired) electrons. The van der Waals surface area contributed by atoms with Crippen LogP contribution in [0, 0.1) is 11.8 Å². The largest absolute Gasteiger partial charge is 0.339 e. The van der Waals surface area contributed by atoms with Crippen molar-refractivity contribution in [3.8, 4) is 11.3 Å². The topological polar surface area (TPSA) is 40.9 Å². The van der Waals surface area contributed by atoms with Crippen LogP contribution in [-0.4, -0.2) is 58.0 Å². The molecule has 0 spiro atoms. The molecule has 4 rings (SSSR count).